The summed E-state index contributed by atoms with van der Waals surface area (Å²) in [6.07, 6.45) is 3.64. The number of oxime groups is 1. The Labute approximate surface area is 101 Å². The summed E-state index contributed by atoms with van der Waals surface area (Å²) >= 11 is 0. The van der Waals surface area contributed by atoms with E-state index >= 15 is 0 Å². The molecule has 4 heteroatoms. The molecule has 0 aliphatic rings. The van der Waals surface area contributed by atoms with Crippen molar-refractivity contribution >= 4 is 5.71 Å². The largest absolute Gasteiger partial charge is 0.399 e. The molecule has 0 spiro atoms. The summed E-state index contributed by atoms with van der Waals surface area (Å²) in [5, 5.41) is 4.09. The second kappa shape index (κ2) is 4.82. The molecule has 1 aromatic heterocycles. The summed E-state index contributed by atoms with van der Waals surface area (Å²) in [5.74, 6) is 0.793. The average molecular weight is 229 g/mol. The van der Waals surface area contributed by atoms with Crippen molar-refractivity contribution in [3.8, 4) is 0 Å². The van der Waals surface area contributed by atoms with Gasteiger partial charge in [-0.15, -0.1) is 0 Å². The van der Waals surface area contributed by atoms with E-state index in [2.05, 4.69) is 10.1 Å². The van der Waals surface area contributed by atoms with Gasteiger partial charge in [-0.3, -0.25) is 0 Å². The normalized spacial score (nSPS) is 11.6. The number of aryl methyl sites for hydroxylation is 2. The maximum atomic E-state index is 4.93. The monoisotopic (exact) mass is 229 g/mol. The van der Waals surface area contributed by atoms with E-state index in [1.54, 1.807) is 13.3 Å². The Morgan fingerprint density at radius 2 is 2.12 bits per heavy atom. The molecule has 0 amide bonds. The molecule has 0 radical (unpaired) electrons. The molecule has 0 saturated heterocycles. The van der Waals surface area contributed by atoms with E-state index in [1.807, 2.05) is 49.0 Å². The molecule has 4 nitrogen and oxygen atoms in total. The van der Waals surface area contributed by atoms with Crippen molar-refractivity contribution < 1.29 is 4.84 Å². The van der Waals surface area contributed by atoms with E-state index < -0.39 is 0 Å². The van der Waals surface area contributed by atoms with Gasteiger partial charge in [0.05, 0.1) is 0 Å². The SMILES string of the molecule is CO/N=C(/c1ccccc1C)c1nccn1C. The van der Waals surface area contributed by atoms with Gasteiger partial charge < -0.3 is 9.40 Å². The molecule has 0 fully saturated rings. The predicted molar refractivity (Wildman–Crippen MR) is 67.0 cm³/mol. The standard InChI is InChI=1S/C13H15N3O/c1-10-6-4-5-7-11(10)12(15-17-3)13-14-8-9-16(13)2/h4-9H,1-3H3/b15-12-. The van der Waals surface area contributed by atoms with Gasteiger partial charge in [-0.25, -0.2) is 4.98 Å². The third kappa shape index (κ3) is 2.20. The minimum absolute atomic E-state index is 0.748. The number of hydrogen-bond donors (Lipinski definition) is 0. The minimum atomic E-state index is 0.748. The first-order chi connectivity index (χ1) is 8.24. The third-order valence-electron chi connectivity index (χ3n) is 2.62. The highest BCUT2D eigenvalue weighted by Crippen LogP contribution is 2.13. The molecule has 1 aromatic carbocycles. The summed E-state index contributed by atoms with van der Waals surface area (Å²) in [4.78, 5) is 9.23. The maximum Gasteiger partial charge on any atom is 0.162 e. The smallest absolute Gasteiger partial charge is 0.162 e. The fourth-order valence-corrected chi connectivity index (χ4v) is 1.73. The molecule has 0 N–H and O–H groups in total. The summed E-state index contributed by atoms with van der Waals surface area (Å²) in [7, 11) is 3.48. The molecule has 0 atom stereocenters. The zero-order valence-corrected chi connectivity index (χ0v) is 10.2. The van der Waals surface area contributed by atoms with Crippen LogP contribution in [-0.4, -0.2) is 22.4 Å². The number of benzene rings is 1. The Kier molecular flexibility index (Phi) is 3.23. The number of nitrogens with zero attached hydrogens (tertiary/aromatic N) is 3. The van der Waals surface area contributed by atoms with Crippen LogP contribution in [0, 0.1) is 6.92 Å². The second-order valence-electron chi connectivity index (χ2n) is 3.80. The highest BCUT2D eigenvalue weighted by Gasteiger charge is 2.14. The van der Waals surface area contributed by atoms with Gasteiger partial charge in [-0.1, -0.05) is 29.4 Å². The fraction of sp³-hybridized carbons (Fsp3) is 0.231. The first-order valence-corrected chi connectivity index (χ1v) is 5.39. The van der Waals surface area contributed by atoms with Gasteiger partial charge in [0.25, 0.3) is 0 Å². The molecular weight excluding hydrogens is 214 g/mol. The van der Waals surface area contributed by atoms with Gasteiger partial charge in [0.1, 0.15) is 7.11 Å². The molecule has 2 aromatic rings. The fourth-order valence-electron chi connectivity index (χ4n) is 1.73. The van der Waals surface area contributed by atoms with Crippen molar-refractivity contribution in [1.82, 2.24) is 9.55 Å². The highest BCUT2D eigenvalue weighted by atomic mass is 16.6. The van der Waals surface area contributed by atoms with Crippen molar-refractivity contribution in [3.05, 3.63) is 53.6 Å². The van der Waals surface area contributed by atoms with E-state index in [9.17, 15) is 0 Å². The van der Waals surface area contributed by atoms with Crippen LogP contribution in [-0.2, 0) is 11.9 Å². The van der Waals surface area contributed by atoms with Crippen LogP contribution < -0.4 is 0 Å². The average Bonchev–Trinajstić information content (AvgIpc) is 2.74. The Bertz CT molecular complexity index is 543. The Morgan fingerprint density at radius 3 is 2.71 bits per heavy atom. The van der Waals surface area contributed by atoms with Crippen LogP contribution in [0.25, 0.3) is 0 Å². The van der Waals surface area contributed by atoms with E-state index in [-0.39, 0.29) is 0 Å². The second-order valence-corrected chi connectivity index (χ2v) is 3.80. The van der Waals surface area contributed by atoms with Crippen LogP contribution >= 0.6 is 0 Å². The summed E-state index contributed by atoms with van der Waals surface area (Å²) in [6.45, 7) is 2.05. The summed E-state index contributed by atoms with van der Waals surface area (Å²) in [5.41, 5.74) is 2.92. The summed E-state index contributed by atoms with van der Waals surface area (Å²) < 4.78 is 1.92. The highest BCUT2D eigenvalue weighted by molar-refractivity contribution is 6.11. The minimum Gasteiger partial charge on any atom is -0.399 e. The zero-order valence-electron chi connectivity index (χ0n) is 10.2. The molecule has 2 rings (SSSR count). The molecule has 0 unspecified atom stereocenters. The van der Waals surface area contributed by atoms with Gasteiger partial charge in [0.2, 0.25) is 0 Å². The Balaban J connectivity index is 2.55. The molecule has 0 aliphatic heterocycles. The van der Waals surface area contributed by atoms with E-state index in [0.29, 0.717) is 0 Å². The number of aromatic nitrogens is 2. The van der Waals surface area contributed by atoms with Crippen molar-refractivity contribution in [1.29, 1.82) is 0 Å². The van der Waals surface area contributed by atoms with Gasteiger partial charge in [0.15, 0.2) is 11.5 Å². The van der Waals surface area contributed by atoms with Crippen LogP contribution in [0.1, 0.15) is 17.0 Å². The van der Waals surface area contributed by atoms with Crippen LogP contribution in [0.3, 0.4) is 0 Å². The van der Waals surface area contributed by atoms with E-state index in [1.165, 1.54) is 0 Å². The maximum absolute atomic E-state index is 4.93. The zero-order chi connectivity index (χ0) is 12.3. The first kappa shape index (κ1) is 11.4. The Morgan fingerprint density at radius 1 is 1.35 bits per heavy atom. The molecular formula is C13H15N3O. The van der Waals surface area contributed by atoms with Crippen LogP contribution in [0.4, 0.5) is 0 Å². The lowest BCUT2D eigenvalue weighted by Crippen LogP contribution is -2.12. The molecule has 0 saturated carbocycles. The van der Waals surface area contributed by atoms with Gasteiger partial charge >= 0.3 is 0 Å². The first-order valence-electron chi connectivity index (χ1n) is 5.39. The Hall–Kier alpha value is -2.10. The lowest BCUT2D eigenvalue weighted by molar-refractivity contribution is 0.213. The molecule has 17 heavy (non-hydrogen) atoms. The van der Waals surface area contributed by atoms with Crippen molar-refractivity contribution in [2.24, 2.45) is 12.2 Å². The predicted octanol–water partition coefficient (Wildman–Crippen LogP) is 2.13. The molecule has 0 aliphatic carbocycles. The molecule has 0 bridgehead atoms. The topological polar surface area (TPSA) is 39.4 Å². The van der Waals surface area contributed by atoms with Crippen LogP contribution in [0.5, 0.6) is 0 Å². The van der Waals surface area contributed by atoms with Gasteiger partial charge in [0, 0.05) is 25.0 Å². The van der Waals surface area contributed by atoms with Crippen molar-refractivity contribution in [2.75, 3.05) is 7.11 Å². The number of hydrogen-bond acceptors (Lipinski definition) is 3. The van der Waals surface area contributed by atoms with Crippen LogP contribution in [0.2, 0.25) is 0 Å². The quantitative estimate of drug-likeness (QED) is 0.597. The van der Waals surface area contributed by atoms with Crippen molar-refractivity contribution in [3.63, 3.8) is 0 Å². The third-order valence-corrected chi connectivity index (χ3v) is 2.62. The number of imidazole rings is 1. The number of rotatable bonds is 3. The lowest BCUT2D eigenvalue weighted by atomic mass is 10.0. The molecule has 88 valence electrons. The van der Waals surface area contributed by atoms with Gasteiger partial charge in [-0.2, -0.15) is 0 Å². The van der Waals surface area contributed by atoms with E-state index in [4.69, 9.17) is 4.84 Å². The lowest BCUT2D eigenvalue weighted by Gasteiger charge is -2.08. The van der Waals surface area contributed by atoms with Gasteiger partial charge in [-0.05, 0) is 12.5 Å². The molecule has 1 heterocycles. The van der Waals surface area contributed by atoms with E-state index in [0.717, 1.165) is 22.7 Å². The van der Waals surface area contributed by atoms with Crippen molar-refractivity contribution in [2.45, 2.75) is 6.92 Å². The summed E-state index contributed by atoms with van der Waals surface area (Å²) in [6, 6.07) is 8.05. The van der Waals surface area contributed by atoms with Crippen LogP contribution in [0.15, 0.2) is 41.8 Å².